The molecule has 0 aliphatic carbocycles. The molecule has 0 spiro atoms. The van der Waals surface area contributed by atoms with Crippen LogP contribution in [0.4, 0.5) is 34.1 Å². The van der Waals surface area contributed by atoms with E-state index in [0.29, 0.717) is 5.89 Å². The Morgan fingerprint density at radius 3 is 1.45 bits per heavy atom. The van der Waals surface area contributed by atoms with E-state index < -0.39 is 0 Å². The predicted molar refractivity (Wildman–Crippen MR) is 272 cm³/mol. The Labute approximate surface area is 373 Å². The second-order valence-corrected chi connectivity index (χ2v) is 17.5. The van der Waals surface area contributed by atoms with Crippen LogP contribution >= 0.6 is 11.3 Å². The summed E-state index contributed by atoms with van der Waals surface area (Å²) in [6, 6.07) is 81.0. The smallest absolute Gasteiger partial charge is 0.227 e. The highest BCUT2D eigenvalue weighted by Gasteiger charge is 2.19. The van der Waals surface area contributed by atoms with Crippen molar-refractivity contribution >= 4 is 120 Å². The Hall–Kier alpha value is -8.25. The molecule has 4 nitrogen and oxygen atoms in total. The van der Waals surface area contributed by atoms with Crippen LogP contribution in [0.2, 0.25) is 0 Å². The summed E-state index contributed by atoms with van der Waals surface area (Å²) in [7, 11) is 0. The summed E-state index contributed by atoms with van der Waals surface area (Å²) in [6.07, 6.45) is 0. The van der Waals surface area contributed by atoms with Gasteiger partial charge in [-0.2, -0.15) is 0 Å². The maximum Gasteiger partial charge on any atom is 0.227 e. The van der Waals surface area contributed by atoms with E-state index in [4.69, 9.17) is 9.40 Å². The van der Waals surface area contributed by atoms with Gasteiger partial charge in [-0.3, -0.25) is 0 Å². The number of oxazole rings is 1. The predicted octanol–water partition coefficient (Wildman–Crippen LogP) is 17.4. The summed E-state index contributed by atoms with van der Waals surface area (Å²) in [4.78, 5) is 9.50. The maximum atomic E-state index is 6.14. The number of anilines is 6. The zero-order valence-electron chi connectivity index (χ0n) is 34.5. The van der Waals surface area contributed by atoms with Gasteiger partial charge in [0.25, 0.3) is 0 Å². The monoisotopic (exact) mass is 835 g/mol. The average Bonchev–Trinajstić information content (AvgIpc) is 3.96. The van der Waals surface area contributed by atoms with Gasteiger partial charge in [-0.05, 0) is 152 Å². The molecule has 13 rings (SSSR count). The molecular formula is C59H37N3OS. The summed E-state index contributed by atoms with van der Waals surface area (Å²) >= 11 is 1.85. The number of nitrogens with zero attached hydrogens (tertiary/aromatic N) is 3. The van der Waals surface area contributed by atoms with Gasteiger partial charge in [-0.15, -0.1) is 11.3 Å². The number of hydrogen-bond acceptors (Lipinski definition) is 5. The average molecular weight is 836 g/mol. The lowest BCUT2D eigenvalue weighted by molar-refractivity contribution is 0.620. The first-order valence-corrected chi connectivity index (χ1v) is 22.4. The van der Waals surface area contributed by atoms with Crippen LogP contribution in [-0.2, 0) is 0 Å². The quantitative estimate of drug-likeness (QED) is 0.150. The molecule has 0 amide bonds. The first-order valence-electron chi connectivity index (χ1n) is 21.6. The fourth-order valence-electron chi connectivity index (χ4n) is 9.45. The van der Waals surface area contributed by atoms with Crippen molar-refractivity contribution < 1.29 is 4.42 Å². The third kappa shape index (κ3) is 6.17. The highest BCUT2D eigenvalue weighted by Crippen LogP contribution is 2.44. The molecule has 0 N–H and O–H groups in total. The minimum atomic E-state index is 0.614. The van der Waals surface area contributed by atoms with Gasteiger partial charge in [0.1, 0.15) is 5.52 Å². The van der Waals surface area contributed by atoms with Gasteiger partial charge in [-0.25, -0.2) is 4.98 Å². The summed E-state index contributed by atoms with van der Waals surface area (Å²) in [5, 5.41) is 12.2. The van der Waals surface area contributed by atoms with E-state index in [9.17, 15) is 0 Å². The van der Waals surface area contributed by atoms with E-state index in [1.54, 1.807) is 0 Å². The van der Waals surface area contributed by atoms with E-state index in [1.807, 2.05) is 35.6 Å². The minimum Gasteiger partial charge on any atom is -0.436 e. The molecule has 300 valence electrons. The van der Waals surface area contributed by atoms with E-state index >= 15 is 0 Å². The zero-order chi connectivity index (χ0) is 42.1. The Morgan fingerprint density at radius 2 is 0.797 bits per heavy atom. The Bertz CT molecular complexity index is 3910. The maximum absolute atomic E-state index is 6.14. The Morgan fingerprint density at radius 1 is 0.328 bits per heavy atom. The largest absolute Gasteiger partial charge is 0.436 e. The van der Waals surface area contributed by atoms with Gasteiger partial charge in [0.2, 0.25) is 5.89 Å². The van der Waals surface area contributed by atoms with Crippen LogP contribution in [0, 0.1) is 0 Å². The van der Waals surface area contributed by atoms with Crippen LogP contribution in [0.1, 0.15) is 0 Å². The molecule has 0 saturated heterocycles. The number of fused-ring (bicyclic) bond motifs is 9. The van der Waals surface area contributed by atoms with Crippen molar-refractivity contribution in [3.8, 4) is 11.5 Å². The summed E-state index contributed by atoms with van der Waals surface area (Å²) < 4.78 is 8.74. The van der Waals surface area contributed by atoms with Crippen LogP contribution in [0.25, 0.3) is 85.8 Å². The van der Waals surface area contributed by atoms with E-state index in [1.165, 1.54) is 63.3 Å². The molecule has 2 heterocycles. The van der Waals surface area contributed by atoms with Crippen LogP contribution in [-0.4, -0.2) is 4.98 Å². The van der Waals surface area contributed by atoms with Gasteiger partial charge < -0.3 is 14.2 Å². The first-order chi connectivity index (χ1) is 31.7. The molecule has 0 saturated carbocycles. The lowest BCUT2D eigenvalue weighted by Crippen LogP contribution is -2.10. The fraction of sp³-hybridized carbons (Fsp3) is 0. The SMILES string of the molecule is c1ccc2cc(N(c3ccc(-c4nc5ccccc5o4)cc3)c3ccc4c(ccc5cc(N(c6ccc7ccccc7c6)c6ccc7sc8ccccc8c7c6)ccc54)c3)ccc2c1. The molecule has 5 heteroatoms. The van der Waals surface area contributed by atoms with Gasteiger partial charge in [0.15, 0.2) is 5.58 Å². The second kappa shape index (κ2) is 14.7. The van der Waals surface area contributed by atoms with Crippen LogP contribution in [0.5, 0.6) is 0 Å². The molecule has 11 aromatic carbocycles. The van der Waals surface area contributed by atoms with Gasteiger partial charge >= 0.3 is 0 Å². The van der Waals surface area contributed by atoms with Crippen molar-refractivity contribution in [3.05, 3.63) is 224 Å². The normalized spacial score (nSPS) is 11.8. The van der Waals surface area contributed by atoms with E-state index in [0.717, 1.165) is 50.8 Å². The first kappa shape index (κ1) is 36.4. The second-order valence-electron chi connectivity index (χ2n) is 16.4. The zero-order valence-corrected chi connectivity index (χ0v) is 35.3. The van der Waals surface area contributed by atoms with Gasteiger partial charge in [0.05, 0.1) is 0 Å². The molecule has 13 aromatic rings. The van der Waals surface area contributed by atoms with Crippen LogP contribution in [0.3, 0.4) is 0 Å². The van der Waals surface area contributed by atoms with E-state index in [2.05, 4.69) is 210 Å². The number of thiophene rings is 1. The Kier molecular flexibility index (Phi) is 8.36. The molecule has 64 heavy (non-hydrogen) atoms. The van der Waals surface area contributed by atoms with Crippen molar-refractivity contribution in [1.82, 2.24) is 4.98 Å². The summed E-state index contributed by atoms with van der Waals surface area (Å²) in [5.41, 5.74) is 9.14. The highest BCUT2D eigenvalue weighted by atomic mass is 32.1. The lowest BCUT2D eigenvalue weighted by atomic mass is 9.99. The topological polar surface area (TPSA) is 32.5 Å². The van der Waals surface area contributed by atoms with Gasteiger partial charge in [-0.1, -0.05) is 115 Å². The Balaban J connectivity index is 0.917. The van der Waals surface area contributed by atoms with Crippen molar-refractivity contribution in [3.63, 3.8) is 0 Å². The highest BCUT2D eigenvalue weighted by molar-refractivity contribution is 7.25. The number of hydrogen-bond donors (Lipinski definition) is 0. The third-order valence-electron chi connectivity index (χ3n) is 12.6. The number of rotatable bonds is 7. The lowest BCUT2D eigenvalue weighted by Gasteiger charge is -2.27. The van der Waals surface area contributed by atoms with Crippen LogP contribution in [0.15, 0.2) is 229 Å². The minimum absolute atomic E-state index is 0.614. The number of aromatic nitrogens is 1. The number of benzene rings is 11. The van der Waals surface area contributed by atoms with E-state index in [-0.39, 0.29) is 0 Å². The van der Waals surface area contributed by atoms with Crippen molar-refractivity contribution in [1.29, 1.82) is 0 Å². The van der Waals surface area contributed by atoms with Gasteiger partial charge in [0, 0.05) is 59.9 Å². The molecule has 0 atom stereocenters. The van der Waals surface area contributed by atoms with Crippen LogP contribution < -0.4 is 9.80 Å². The van der Waals surface area contributed by atoms with Crippen molar-refractivity contribution in [2.45, 2.75) is 0 Å². The number of para-hydroxylation sites is 2. The molecule has 0 fully saturated rings. The standard InChI is InChI=1S/C59H37N3OS/c1-3-11-41-33-46(25-19-38(41)9-1)61(45-23-21-40(22-24-45)59-60-55-14-6-7-15-56(55)63-59)48-27-30-51-43(35-48)17-18-44-36-49(28-31-52(44)51)62(47-26-20-39-10-2-4-12-42(39)34-47)50-29-32-58-54(37-50)53-13-5-8-16-57(53)64-58/h1-37H. The summed E-state index contributed by atoms with van der Waals surface area (Å²) in [6.45, 7) is 0. The molecular weight excluding hydrogens is 799 g/mol. The van der Waals surface area contributed by atoms with Crippen molar-refractivity contribution in [2.24, 2.45) is 0 Å². The molecule has 2 aromatic heterocycles. The molecule has 0 unspecified atom stereocenters. The summed E-state index contributed by atoms with van der Waals surface area (Å²) in [5.74, 6) is 0.614. The molecule has 0 radical (unpaired) electrons. The molecule has 0 bridgehead atoms. The molecule has 0 aliphatic rings. The molecule has 0 aliphatic heterocycles. The fourth-order valence-corrected chi connectivity index (χ4v) is 10.5. The van der Waals surface area contributed by atoms with Crippen molar-refractivity contribution in [2.75, 3.05) is 9.80 Å². The third-order valence-corrected chi connectivity index (χ3v) is 13.7.